The Morgan fingerprint density at radius 2 is 2.00 bits per heavy atom. The number of H-pyrrole nitrogens is 1. The number of hydrogen-bond acceptors (Lipinski definition) is 3. The van der Waals surface area contributed by atoms with Gasteiger partial charge in [-0.3, -0.25) is 4.79 Å². The average molecular weight is 269 g/mol. The zero-order chi connectivity index (χ0) is 14.3. The lowest BCUT2D eigenvalue weighted by molar-refractivity contribution is 0.0694. The smallest absolute Gasteiger partial charge is 0.342 e. The number of aromatic nitrogens is 3. The monoisotopic (exact) mass is 269 g/mol. The first kappa shape index (κ1) is 12.2. The van der Waals surface area contributed by atoms with Crippen LogP contribution in [0.2, 0.25) is 0 Å². The molecule has 0 unspecified atom stereocenters. The maximum Gasteiger partial charge on any atom is 0.342 e. The molecule has 2 N–H and O–H groups in total. The summed E-state index contributed by atoms with van der Waals surface area (Å²) in [6, 6.07) is 9.48. The second kappa shape index (κ2) is 4.34. The summed E-state index contributed by atoms with van der Waals surface area (Å²) in [7, 11) is 0. The molecule has 2 aromatic heterocycles. The molecule has 3 aromatic rings. The minimum absolute atomic E-state index is 0.330. The maximum absolute atomic E-state index is 12.2. The first-order valence-corrected chi connectivity index (χ1v) is 5.98. The summed E-state index contributed by atoms with van der Waals surface area (Å²) in [6.07, 6.45) is 1.07. The largest absolute Gasteiger partial charge is 0.477 e. The summed E-state index contributed by atoms with van der Waals surface area (Å²) < 4.78 is 1.28. The number of benzene rings is 1. The van der Waals surface area contributed by atoms with E-state index in [0.29, 0.717) is 11.5 Å². The standard InChI is InChI=1S/C14H11N3O3/c1-8-11(9-5-3-2-4-6-9)16-14-15-7-10(13(19)20)12(18)17(8)14/h2-7H,1H3,(H,15,16)(H,19,20). The molecular formula is C14H11N3O3. The van der Waals surface area contributed by atoms with Gasteiger partial charge in [0, 0.05) is 0 Å². The van der Waals surface area contributed by atoms with E-state index in [1.807, 2.05) is 30.3 Å². The number of aromatic carboxylic acids is 1. The number of rotatable bonds is 2. The van der Waals surface area contributed by atoms with Crippen LogP contribution in [-0.2, 0) is 0 Å². The summed E-state index contributed by atoms with van der Waals surface area (Å²) in [5.41, 5.74) is 1.36. The van der Waals surface area contributed by atoms with Gasteiger partial charge >= 0.3 is 5.97 Å². The Hall–Kier alpha value is -2.89. The highest BCUT2D eigenvalue weighted by molar-refractivity contribution is 5.87. The number of carboxylic acids is 1. The third-order valence-electron chi connectivity index (χ3n) is 3.19. The molecule has 0 spiro atoms. The summed E-state index contributed by atoms with van der Waals surface area (Å²) in [5, 5.41) is 8.98. The van der Waals surface area contributed by atoms with Crippen LogP contribution in [0.15, 0.2) is 41.3 Å². The van der Waals surface area contributed by atoms with E-state index in [0.717, 1.165) is 17.5 Å². The molecule has 0 aliphatic heterocycles. The number of nitrogens with one attached hydrogen (secondary N) is 1. The van der Waals surface area contributed by atoms with Crippen molar-refractivity contribution in [2.24, 2.45) is 0 Å². The van der Waals surface area contributed by atoms with Crippen molar-refractivity contribution in [1.29, 1.82) is 0 Å². The summed E-state index contributed by atoms with van der Waals surface area (Å²) >= 11 is 0. The van der Waals surface area contributed by atoms with E-state index >= 15 is 0 Å². The quantitative estimate of drug-likeness (QED) is 0.741. The molecule has 6 nitrogen and oxygen atoms in total. The van der Waals surface area contributed by atoms with Crippen LogP contribution in [0.25, 0.3) is 17.0 Å². The predicted molar refractivity (Wildman–Crippen MR) is 72.9 cm³/mol. The molecule has 3 rings (SSSR count). The normalized spacial score (nSPS) is 10.8. The van der Waals surface area contributed by atoms with E-state index in [4.69, 9.17) is 5.11 Å². The number of nitrogens with zero attached hydrogens (tertiary/aromatic N) is 2. The van der Waals surface area contributed by atoms with Gasteiger partial charge in [-0.2, -0.15) is 0 Å². The van der Waals surface area contributed by atoms with Crippen molar-refractivity contribution in [1.82, 2.24) is 14.4 Å². The summed E-state index contributed by atoms with van der Waals surface area (Å²) in [4.78, 5) is 30.2. The van der Waals surface area contributed by atoms with Crippen molar-refractivity contribution in [2.45, 2.75) is 6.92 Å². The van der Waals surface area contributed by atoms with Crippen molar-refractivity contribution in [3.8, 4) is 11.3 Å². The van der Waals surface area contributed by atoms with Crippen LogP contribution < -0.4 is 5.56 Å². The molecule has 100 valence electrons. The average Bonchev–Trinajstić information content (AvgIpc) is 2.78. The lowest BCUT2D eigenvalue weighted by Gasteiger charge is -1.99. The number of hydrogen-bond donors (Lipinski definition) is 2. The van der Waals surface area contributed by atoms with Crippen LogP contribution in [0.5, 0.6) is 0 Å². The van der Waals surface area contributed by atoms with Gasteiger partial charge in [0.1, 0.15) is 5.56 Å². The molecule has 0 saturated carbocycles. The molecule has 0 bridgehead atoms. The fourth-order valence-electron chi connectivity index (χ4n) is 2.20. The van der Waals surface area contributed by atoms with Crippen molar-refractivity contribution < 1.29 is 9.90 Å². The molecule has 2 heterocycles. The van der Waals surface area contributed by atoms with Crippen LogP contribution in [0, 0.1) is 6.92 Å². The predicted octanol–water partition coefficient (Wildman–Crippen LogP) is 1.70. The first-order chi connectivity index (χ1) is 9.59. The number of aromatic amines is 1. The summed E-state index contributed by atoms with van der Waals surface area (Å²) in [6.45, 7) is 1.75. The Bertz CT molecular complexity index is 862. The molecule has 0 fully saturated rings. The van der Waals surface area contributed by atoms with Gasteiger partial charge in [-0.05, 0) is 12.5 Å². The van der Waals surface area contributed by atoms with Gasteiger partial charge in [-0.1, -0.05) is 30.3 Å². The highest BCUT2D eigenvalue weighted by atomic mass is 16.4. The van der Waals surface area contributed by atoms with E-state index in [9.17, 15) is 9.59 Å². The zero-order valence-corrected chi connectivity index (χ0v) is 10.6. The summed E-state index contributed by atoms with van der Waals surface area (Å²) in [5.74, 6) is -0.949. The maximum atomic E-state index is 12.2. The van der Waals surface area contributed by atoms with Gasteiger partial charge in [0.25, 0.3) is 5.56 Å². The van der Waals surface area contributed by atoms with Gasteiger partial charge in [0.2, 0.25) is 5.78 Å². The van der Waals surface area contributed by atoms with E-state index in [2.05, 4.69) is 9.97 Å². The molecule has 0 amide bonds. The van der Waals surface area contributed by atoms with Gasteiger partial charge in [0.05, 0.1) is 17.6 Å². The van der Waals surface area contributed by atoms with E-state index in [-0.39, 0.29) is 5.56 Å². The van der Waals surface area contributed by atoms with Crippen molar-refractivity contribution in [3.05, 3.63) is 58.1 Å². The first-order valence-electron chi connectivity index (χ1n) is 5.98. The van der Waals surface area contributed by atoms with Crippen LogP contribution in [0.4, 0.5) is 0 Å². The van der Waals surface area contributed by atoms with Gasteiger partial charge < -0.3 is 10.1 Å². The lowest BCUT2D eigenvalue weighted by atomic mass is 10.1. The highest BCUT2D eigenvalue weighted by Gasteiger charge is 2.16. The molecule has 1 aromatic carbocycles. The molecule has 0 aliphatic carbocycles. The molecule has 20 heavy (non-hydrogen) atoms. The van der Waals surface area contributed by atoms with Crippen LogP contribution >= 0.6 is 0 Å². The Kier molecular flexibility index (Phi) is 2.64. The minimum atomic E-state index is -1.28. The minimum Gasteiger partial charge on any atom is -0.477 e. The van der Waals surface area contributed by atoms with Gasteiger partial charge in [-0.15, -0.1) is 0 Å². The third-order valence-corrected chi connectivity index (χ3v) is 3.19. The lowest BCUT2D eigenvalue weighted by Crippen LogP contribution is -2.22. The topological polar surface area (TPSA) is 87.5 Å². The zero-order valence-electron chi connectivity index (χ0n) is 10.6. The van der Waals surface area contributed by atoms with Crippen LogP contribution in [0.3, 0.4) is 0 Å². The number of fused-ring (bicyclic) bond motifs is 1. The molecule has 6 heteroatoms. The van der Waals surface area contributed by atoms with Crippen LogP contribution in [-0.4, -0.2) is 25.4 Å². The Balaban J connectivity index is 2.34. The van der Waals surface area contributed by atoms with Gasteiger partial charge in [-0.25, -0.2) is 14.2 Å². The number of imidazole rings is 1. The van der Waals surface area contributed by atoms with Crippen molar-refractivity contribution in [3.63, 3.8) is 0 Å². The molecule has 0 radical (unpaired) electrons. The van der Waals surface area contributed by atoms with E-state index < -0.39 is 11.5 Å². The SMILES string of the molecule is Cc1c(-c2ccccc2)[nH]c2ncc(C(=O)O)c(=O)n12. The fourth-order valence-corrected chi connectivity index (χ4v) is 2.20. The van der Waals surface area contributed by atoms with Crippen LogP contribution in [0.1, 0.15) is 16.1 Å². The molecule has 0 atom stereocenters. The van der Waals surface area contributed by atoms with Crippen molar-refractivity contribution >= 4 is 11.7 Å². The second-order valence-corrected chi connectivity index (χ2v) is 4.39. The highest BCUT2D eigenvalue weighted by Crippen LogP contribution is 2.21. The number of carboxylic acid groups (broad SMARTS) is 1. The van der Waals surface area contributed by atoms with E-state index in [1.165, 1.54) is 4.40 Å². The Morgan fingerprint density at radius 1 is 1.30 bits per heavy atom. The molecular weight excluding hydrogens is 258 g/mol. The number of aryl methyl sites for hydroxylation is 1. The Labute approximate surface area is 113 Å². The molecule has 0 saturated heterocycles. The Morgan fingerprint density at radius 3 is 2.65 bits per heavy atom. The second-order valence-electron chi connectivity index (χ2n) is 4.39. The number of carbonyl (C=O) groups is 1. The fraction of sp³-hybridized carbons (Fsp3) is 0.0714. The van der Waals surface area contributed by atoms with Crippen molar-refractivity contribution in [2.75, 3.05) is 0 Å². The molecule has 0 aliphatic rings. The van der Waals surface area contributed by atoms with E-state index in [1.54, 1.807) is 6.92 Å². The van der Waals surface area contributed by atoms with Gasteiger partial charge in [0.15, 0.2) is 0 Å². The third kappa shape index (κ3) is 1.70.